The van der Waals surface area contributed by atoms with Gasteiger partial charge in [0.05, 0.1) is 17.7 Å². The highest BCUT2D eigenvalue weighted by molar-refractivity contribution is 7.89. The molecular formula is C21H25N7O3S2. The highest BCUT2D eigenvalue weighted by atomic mass is 32.2. The predicted molar refractivity (Wildman–Crippen MR) is 130 cm³/mol. The van der Waals surface area contributed by atoms with Gasteiger partial charge in [-0.15, -0.1) is 0 Å². The second kappa shape index (κ2) is 11.0. The van der Waals surface area contributed by atoms with Crippen molar-refractivity contribution in [3.8, 4) is 0 Å². The lowest BCUT2D eigenvalue weighted by Crippen LogP contribution is -2.42. The summed E-state index contributed by atoms with van der Waals surface area (Å²) in [6.45, 7) is 4.58. The highest BCUT2D eigenvalue weighted by Crippen LogP contribution is 2.09. The lowest BCUT2D eigenvalue weighted by molar-refractivity contribution is 0.503. The summed E-state index contributed by atoms with van der Waals surface area (Å²) in [7, 11) is -3.72. The normalized spacial score (nSPS) is 11.8. The molecule has 0 saturated heterocycles. The first kappa shape index (κ1) is 24.3. The predicted octanol–water partition coefficient (Wildman–Crippen LogP) is 2.01. The quantitative estimate of drug-likeness (QED) is 0.223. The maximum absolute atomic E-state index is 11.4. The Hall–Kier alpha value is -3.35. The number of furan rings is 1. The number of hydrogen-bond acceptors (Lipinski definition) is 7. The van der Waals surface area contributed by atoms with E-state index in [9.17, 15) is 8.42 Å². The van der Waals surface area contributed by atoms with E-state index in [1.54, 1.807) is 24.5 Å². The Morgan fingerprint density at radius 1 is 1.15 bits per heavy atom. The third kappa shape index (κ3) is 7.93. The number of sulfonamides is 1. The number of anilines is 1. The monoisotopic (exact) mass is 487 g/mol. The molecule has 10 nitrogen and oxygen atoms in total. The van der Waals surface area contributed by atoms with Crippen molar-refractivity contribution in [1.29, 1.82) is 0 Å². The molecule has 5 N–H and O–H groups in total. The zero-order valence-electron chi connectivity index (χ0n) is 18.2. The van der Waals surface area contributed by atoms with Crippen molar-refractivity contribution < 1.29 is 12.8 Å². The third-order valence-electron chi connectivity index (χ3n) is 4.37. The number of thiocarbonyl (C=S) groups is 1. The standard InChI is InChI=1S/C21H25N7O3S2/c1-14-12-15(2)26-20(25-14)27-19(28-21(32)24-13-17-4-3-11-31-17)23-10-9-16-5-7-18(8-6-16)33(22,29)30/h3-8,11-12H,9-10,13H2,1-2H3,(H2,22,29,30)(H3,23,24,25,26,27,28,32). The van der Waals surface area contributed by atoms with Crippen LogP contribution in [0.3, 0.4) is 0 Å². The maximum atomic E-state index is 11.4. The molecule has 3 rings (SSSR count). The lowest BCUT2D eigenvalue weighted by Gasteiger charge is -2.14. The summed E-state index contributed by atoms with van der Waals surface area (Å²) in [4.78, 5) is 13.4. The van der Waals surface area contributed by atoms with Crippen LogP contribution in [0.15, 0.2) is 63.0 Å². The zero-order chi connectivity index (χ0) is 23.8. The average molecular weight is 488 g/mol. The van der Waals surface area contributed by atoms with Gasteiger partial charge in [-0.1, -0.05) is 12.1 Å². The molecule has 0 radical (unpaired) electrons. The minimum Gasteiger partial charge on any atom is -0.467 e. The van der Waals surface area contributed by atoms with Gasteiger partial charge in [-0.3, -0.25) is 10.3 Å². The van der Waals surface area contributed by atoms with Gasteiger partial charge in [-0.2, -0.15) is 0 Å². The lowest BCUT2D eigenvalue weighted by atomic mass is 10.1. The maximum Gasteiger partial charge on any atom is 0.238 e. The van der Waals surface area contributed by atoms with Crippen LogP contribution in [-0.2, 0) is 23.0 Å². The number of hydrogen-bond donors (Lipinski definition) is 4. The van der Waals surface area contributed by atoms with Crippen LogP contribution in [0.5, 0.6) is 0 Å². The number of nitrogens with zero attached hydrogens (tertiary/aromatic N) is 3. The van der Waals surface area contributed by atoms with E-state index < -0.39 is 10.0 Å². The third-order valence-corrected chi connectivity index (χ3v) is 5.55. The molecule has 174 valence electrons. The Morgan fingerprint density at radius 3 is 2.45 bits per heavy atom. The number of rotatable bonds is 7. The fraction of sp³-hybridized carbons (Fsp3) is 0.238. The van der Waals surface area contributed by atoms with E-state index >= 15 is 0 Å². The smallest absolute Gasteiger partial charge is 0.238 e. The van der Waals surface area contributed by atoms with Gasteiger partial charge in [-0.05, 0) is 68.4 Å². The number of primary sulfonamides is 1. The van der Waals surface area contributed by atoms with Gasteiger partial charge in [0.25, 0.3) is 0 Å². The summed E-state index contributed by atoms with van der Waals surface area (Å²) in [5, 5.41) is 14.6. The number of aryl methyl sites for hydroxylation is 2. The van der Waals surface area contributed by atoms with Crippen LogP contribution in [0, 0.1) is 13.8 Å². The first-order valence-corrected chi connectivity index (χ1v) is 12.0. The van der Waals surface area contributed by atoms with Crippen molar-refractivity contribution in [1.82, 2.24) is 20.6 Å². The minimum atomic E-state index is -3.72. The molecular weight excluding hydrogens is 462 g/mol. The van der Waals surface area contributed by atoms with E-state index in [0.29, 0.717) is 36.5 Å². The van der Waals surface area contributed by atoms with Crippen LogP contribution >= 0.6 is 12.2 Å². The molecule has 0 amide bonds. The summed E-state index contributed by atoms with van der Waals surface area (Å²) in [5.74, 6) is 1.51. The fourth-order valence-corrected chi connectivity index (χ4v) is 3.56. The molecule has 0 aliphatic rings. The Morgan fingerprint density at radius 2 is 1.85 bits per heavy atom. The molecule has 12 heteroatoms. The molecule has 1 aromatic carbocycles. The van der Waals surface area contributed by atoms with Crippen LogP contribution in [-0.4, -0.2) is 36.0 Å². The Labute approximate surface area is 197 Å². The Bertz CT molecular complexity index is 1210. The number of benzene rings is 1. The molecule has 2 aromatic heterocycles. The van der Waals surface area contributed by atoms with Crippen molar-refractivity contribution in [2.24, 2.45) is 10.1 Å². The van der Waals surface area contributed by atoms with Crippen molar-refractivity contribution in [3.63, 3.8) is 0 Å². The van der Waals surface area contributed by atoms with E-state index in [4.69, 9.17) is 21.8 Å². The van der Waals surface area contributed by atoms with Crippen molar-refractivity contribution in [2.75, 3.05) is 11.9 Å². The summed E-state index contributed by atoms with van der Waals surface area (Å²) >= 11 is 5.37. The van der Waals surface area contributed by atoms with Crippen LogP contribution < -0.4 is 21.1 Å². The zero-order valence-corrected chi connectivity index (χ0v) is 19.8. The first-order valence-electron chi connectivity index (χ1n) is 10.0. The molecule has 2 heterocycles. The number of nitrogens with one attached hydrogen (secondary N) is 3. The summed E-state index contributed by atoms with van der Waals surface area (Å²) in [6, 6.07) is 11.9. The van der Waals surface area contributed by atoms with E-state index in [2.05, 4.69) is 30.9 Å². The van der Waals surface area contributed by atoms with E-state index in [0.717, 1.165) is 22.7 Å². The van der Waals surface area contributed by atoms with Crippen LogP contribution in [0.1, 0.15) is 22.7 Å². The second-order valence-electron chi connectivity index (χ2n) is 7.16. The molecule has 0 atom stereocenters. The minimum absolute atomic E-state index is 0.0683. The molecule has 0 bridgehead atoms. The summed E-state index contributed by atoms with van der Waals surface area (Å²) in [6.07, 6.45) is 2.16. The van der Waals surface area contributed by atoms with E-state index in [-0.39, 0.29) is 4.90 Å². The van der Waals surface area contributed by atoms with E-state index in [1.165, 1.54) is 12.1 Å². The second-order valence-corrected chi connectivity index (χ2v) is 9.13. The fourth-order valence-electron chi connectivity index (χ4n) is 2.87. The van der Waals surface area contributed by atoms with Gasteiger partial charge < -0.3 is 15.1 Å². The molecule has 3 aromatic rings. The largest absolute Gasteiger partial charge is 0.467 e. The molecule has 0 aliphatic heterocycles. The van der Waals surface area contributed by atoms with Crippen molar-refractivity contribution >= 4 is 39.3 Å². The highest BCUT2D eigenvalue weighted by Gasteiger charge is 2.09. The van der Waals surface area contributed by atoms with Gasteiger partial charge in [-0.25, -0.2) is 23.5 Å². The van der Waals surface area contributed by atoms with Gasteiger partial charge in [0, 0.05) is 17.9 Å². The number of nitrogens with two attached hydrogens (primary N) is 1. The number of aliphatic imine (C=N–C) groups is 1. The first-order chi connectivity index (χ1) is 15.7. The molecule has 0 fully saturated rings. The average Bonchev–Trinajstić information content (AvgIpc) is 3.25. The van der Waals surface area contributed by atoms with Gasteiger partial charge in [0.1, 0.15) is 5.76 Å². The SMILES string of the molecule is Cc1cc(C)nc(NC(=NCCc2ccc(S(N)(=O)=O)cc2)NC(=S)NCc2ccco2)n1. The van der Waals surface area contributed by atoms with Gasteiger partial charge in [0.2, 0.25) is 21.9 Å². The Kier molecular flexibility index (Phi) is 8.09. The molecule has 0 spiro atoms. The molecule has 33 heavy (non-hydrogen) atoms. The van der Waals surface area contributed by atoms with Crippen molar-refractivity contribution in [3.05, 3.63) is 71.4 Å². The molecule has 0 saturated carbocycles. The molecule has 0 aliphatic carbocycles. The molecule has 0 unspecified atom stereocenters. The van der Waals surface area contributed by atoms with Gasteiger partial charge >= 0.3 is 0 Å². The van der Waals surface area contributed by atoms with Gasteiger partial charge in [0.15, 0.2) is 5.11 Å². The van der Waals surface area contributed by atoms with Crippen LogP contribution in [0.4, 0.5) is 5.95 Å². The number of guanidine groups is 1. The van der Waals surface area contributed by atoms with Crippen LogP contribution in [0.2, 0.25) is 0 Å². The number of aromatic nitrogens is 2. The van der Waals surface area contributed by atoms with Crippen LogP contribution in [0.25, 0.3) is 0 Å². The summed E-state index contributed by atoms with van der Waals surface area (Å²) < 4.78 is 28.1. The Balaban J connectivity index is 1.67. The van der Waals surface area contributed by atoms with E-state index in [1.807, 2.05) is 26.0 Å². The summed E-state index contributed by atoms with van der Waals surface area (Å²) in [5.41, 5.74) is 2.54. The van der Waals surface area contributed by atoms with Crippen molar-refractivity contribution in [2.45, 2.75) is 31.7 Å². The topological polar surface area (TPSA) is 148 Å².